The van der Waals surface area contributed by atoms with Crippen LogP contribution in [0.15, 0.2) is 18.2 Å². The molecule has 0 saturated carbocycles. The highest BCUT2D eigenvalue weighted by molar-refractivity contribution is 5.90. The van der Waals surface area contributed by atoms with Gasteiger partial charge in [-0.05, 0) is 18.2 Å². The lowest BCUT2D eigenvalue weighted by atomic mass is 10.2. The van der Waals surface area contributed by atoms with E-state index >= 15 is 0 Å². The van der Waals surface area contributed by atoms with E-state index in [9.17, 15) is 31.9 Å². The molecule has 2 atom stereocenters. The van der Waals surface area contributed by atoms with E-state index in [2.05, 4.69) is 5.32 Å². The molecule has 2 saturated heterocycles. The summed E-state index contributed by atoms with van der Waals surface area (Å²) in [6.07, 6.45) is -7.97. The van der Waals surface area contributed by atoms with Gasteiger partial charge >= 0.3 is 12.3 Å². The number of carbonyl (C=O) groups excluding carboxylic acids is 3. The van der Waals surface area contributed by atoms with Crippen molar-refractivity contribution >= 4 is 29.3 Å². The Kier molecular flexibility index (Phi) is 7.30. The van der Waals surface area contributed by atoms with Crippen molar-refractivity contribution in [1.82, 2.24) is 15.5 Å². The van der Waals surface area contributed by atoms with Crippen LogP contribution >= 0.6 is 0 Å². The topological polar surface area (TPSA) is 94.2 Å². The van der Waals surface area contributed by atoms with Crippen molar-refractivity contribution in [2.45, 2.75) is 32.3 Å². The van der Waals surface area contributed by atoms with Gasteiger partial charge in [-0.15, -0.1) is 0 Å². The smallest absolute Gasteiger partial charge is 0.422 e. The maximum absolute atomic E-state index is 14.9. The first-order valence-electron chi connectivity index (χ1n) is 10.3. The maximum Gasteiger partial charge on any atom is 0.422 e. The molecule has 1 aromatic rings. The summed E-state index contributed by atoms with van der Waals surface area (Å²) in [5.74, 6) is -1.69. The van der Waals surface area contributed by atoms with E-state index in [1.807, 2.05) is 5.32 Å². The van der Waals surface area contributed by atoms with Gasteiger partial charge in [-0.25, -0.2) is 9.18 Å². The Balaban J connectivity index is 1.64. The van der Waals surface area contributed by atoms with E-state index in [1.54, 1.807) is 4.90 Å². The standard InChI is InChI=1S/C20H25F4N5O4/c1-12(30)25-10-15-11-29(19(32)33-15)14-3-4-17(16(21)9-14)27-5-7-28(8-6-27)18(20(22,23)24)26-13(2)31/h3-4,9,15,18H,5-8,10-11H2,1-2H3,(H,25,30)(H,26,31)/t15-,18?/m0/s1. The van der Waals surface area contributed by atoms with Gasteiger partial charge in [0.05, 0.1) is 24.5 Å². The van der Waals surface area contributed by atoms with Crippen LogP contribution < -0.4 is 20.4 Å². The fourth-order valence-electron chi connectivity index (χ4n) is 3.81. The number of cyclic esters (lactones) is 1. The fourth-order valence-corrected chi connectivity index (χ4v) is 3.81. The summed E-state index contributed by atoms with van der Waals surface area (Å²) in [5.41, 5.74) is 0.469. The lowest BCUT2D eigenvalue weighted by Crippen LogP contribution is -2.61. The number of amides is 3. The maximum atomic E-state index is 14.9. The quantitative estimate of drug-likeness (QED) is 0.605. The molecule has 0 aromatic heterocycles. The summed E-state index contributed by atoms with van der Waals surface area (Å²) in [6, 6.07) is 4.16. The zero-order valence-corrected chi connectivity index (χ0v) is 18.1. The number of alkyl halides is 3. The van der Waals surface area contributed by atoms with Gasteiger partial charge in [-0.1, -0.05) is 0 Å². The monoisotopic (exact) mass is 475 g/mol. The Hall–Kier alpha value is -3.09. The number of piperazine rings is 1. The number of nitrogens with one attached hydrogen (secondary N) is 2. The molecule has 3 amide bonds. The minimum atomic E-state index is -4.64. The van der Waals surface area contributed by atoms with E-state index in [4.69, 9.17) is 4.74 Å². The second-order valence-corrected chi connectivity index (χ2v) is 7.86. The second-order valence-electron chi connectivity index (χ2n) is 7.86. The molecular formula is C20H25F4N5O4. The average Bonchev–Trinajstić information content (AvgIpc) is 3.10. The summed E-state index contributed by atoms with van der Waals surface area (Å²) in [6.45, 7) is 2.80. The summed E-state index contributed by atoms with van der Waals surface area (Å²) in [5, 5.41) is 4.47. The predicted octanol–water partition coefficient (Wildman–Crippen LogP) is 1.43. The van der Waals surface area contributed by atoms with Crippen molar-refractivity contribution in [2.24, 2.45) is 0 Å². The van der Waals surface area contributed by atoms with Crippen LogP contribution in [0.2, 0.25) is 0 Å². The molecule has 1 aromatic carbocycles. The van der Waals surface area contributed by atoms with Gasteiger partial charge in [0.2, 0.25) is 11.8 Å². The van der Waals surface area contributed by atoms with Gasteiger partial charge in [0.1, 0.15) is 11.9 Å². The molecule has 1 unspecified atom stereocenters. The highest BCUT2D eigenvalue weighted by atomic mass is 19.4. The van der Waals surface area contributed by atoms with E-state index in [1.165, 1.54) is 30.0 Å². The lowest BCUT2D eigenvalue weighted by molar-refractivity contribution is -0.195. The van der Waals surface area contributed by atoms with Crippen LogP contribution in [0, 0.1) is 5.82 Å². The second kappa shape index (κ2) is 9.81. The molecule has 2 fully saturated rings. The number of benzene rings is 1. The minimum absolute atomic E-state index is 0.0328. The van der Waals surface area contributed by atoms with Crippen LogP contribution in [-0.2, 0) is 14.3 Å². The van der Waals surface area contributed by atoms with Crippen LogP contribution in [0.1, 0.15) is 13.8 Å². The number of halogens is 4. The van der Waals surface area contributed by atoms with Crippen LogP contribution in [0.4, 0.5) is 33.7 Å². The highest BCUT2D eigenvalue weighted by Crippen LogP contribution is 2.30. The van der Waals surface area contributed by atoms with Crippen LogP contribution in [0.5, 0.6) is 0 Å². The molecule has 2 heterocycles. The molecule has 2 N–H and O–H groups in total. The largest absolute Gasteiger partial charge is 0.442 e. The molecule has 0 spiro atoms. The Morgan fingerprint density at radius 2 is 1.82 bits per heavy atom. The van der Waals surface area contributed by atoms with Crippen LogP contribution in [-0.4, -0.2) is 80.5 Å². The number of rotatable bonds is 6. The molecule has 3 rings (SSSR count). The summed E-state index contributed by atoms with van der Waals surface area (Å²) < 4.78 is 59.9. The van der Waals surface area contributed by atoms with Gasteiger partial charge in [0.15, 0.2) is 6.17 Å². The Labute approximate surface area is 187 Å². The Morgan fingerprint density at radius 3 is 2.36 bits per heavy atom. The first-order valence-corrected chi connectivity index (χ1v) is 10.3. The van der Waals surface area contributed by atoms with Crippen molar-refractivity contribution in [3.05, 3.63) is 24.0 Å². The molecule has 13 heteroatoms. The summed E-state index contributed by atoms with van der Waals surface area (Å²) >= 11 is 0. The van der Waals surface area contributed by atoms with Crippen LogP contribution in [0.25, 0.3) is 0 Å². The highest BCUT2D eigenvalue weighted by Gasteiger charge is 2.45. The third kappa shape index (κ3) is 6.03. The average molecular weight is 475 g/mol. The third-order valence-corrected chi connectivity index (χ3v) is 5.37. The molecule has 2 aliphatic rings. The zero-order chi connectivity index (χ0) is 24.3. The van der Waals surface area contributed by atoms with Crippen molar-refractivity contribution in [3.63, 3.8) is 0 Å². The van der Waals surface area contributed by atoms with E-state index in [0.29, 0.717) is 0 Å². The first-order chi connectivity index (χ1) is 15.5. The van der Waals surface area contributed by atoms with Crippen molar-refractivity contribution in [3.8, 4) is 0 Å². The SMILES string of the molecule is CC(=O)NC[C@H]1CN(c2ccc(N3CCN(C(NC(C)=O)C(F)(F)F)CC3)c(F)c2)C(=O)O1. The summed E-state index contributed by atoms with van der Waals surface area (Å²) in [7, 11) is 0. The molecular weight excluding hydrogens is 450 g/mol. The molecule has 0 aliphatic carbocycles. The molecule has 33 heavy (non-hydrogen) atoms. The molecule has 0 radical (unpaired) electrons. The fraction of sp³-hybridized carbons (Fsp3) is 0.550. The van der Waals surface area contributed by atoms with Gasteiger partial charge < -0.3 is 20.3 Å². The first kappa shape index (κ1) is 24.6. The Bertz CT molecular complexity index is 905. The van der Waals surface area contributed by atoms with Crippen molar-refractivity contribution in [1.29, 1.82) is 0 Å². The summed E-state index contributed by atoms with van der Waals surface area (Å²) in [4.78, 5) is 38.3. The minimum Gasteiger partial charge on any atom is -0.442 e. The molecule has 0 bridgehead atoms. The number of ether oxygens (including phenoxy) is 1. The molecule has 9 nitrogen and oxygen atoms in total. The van der Waals surface area contributed by atoms with Gasteiger partial charge in [0.25, 0.3) is 0 Å². The number of hydrogen-bond acceptors (Lipinski definition) is 6. The molecule has 182 valence electrons. The number of carbonyl (C=O) groups is 3. The number of anilines is 2. The molecule has 2 aliphatic heterocycles. The normalized spacial score (nSPS) is 20.4. The third-order valence-electron chi connectivity index (χ3n) is 5.37. The van der Waals surface area contributed by atoms with Gasteiger partial charge in [-0.3, -0.25) is 19.4 Å². The predicted molar refractivity (Wildman–Crippen MR) is 110 cm³/mol. The zero-order valence-electron chi connectivity index (χ0n) is 18.1. The van der Waals surface area contributed by atoms with Crippen molar-refractivity contribution in [2.75, 3.05) is 49.1 Å². The lowest BCUT2D eigenvalue weighted by Gasteiger charge is -2.40. The van der Waals surface area contributed by atoms with Gasteiger partial charge in [-0.2, -0.15) is 13.2 Å². The van der Waals surface area contributed by atoms with Crippen molar-refractivity contribution < 1.29 is 36.7 Å². The number of nitrogens with zero attached hydrogens (tertiary/aromatic N) is 3. The van der Waals surface area contributed by atoms with E-state index in [-0.39, 0.29) is 56.6 Å². The van der Waals surface area contributed by atoms with Crippen LogP contribution in [0.3, 0.4) is 0 Å². The number of hydrogen-bond donors (Lipinski definition) is 2. The van der Waals surface area contributed by atoms with Gasteiger partial charge in [0, 0.05) is 40.0 Å². The van der Waals surface area contributed by atoms with E-state index < -0.39 is 36.3 Å². The van der Waals surface area contributed by atoms with E-state index in [0.717, 1.165) is 11.8 Å². The Morgan fingerprint density at radius 1 is 1.15 bits per heavy atom.